The van der Waals surface area contributed by atoms with Gasteiger partial charge in [0.25, 0.3) is 5.91 Å². The number of aromatic nitrogens is 1. The summed E-state index contributed by atoms with van der Waals surface area (Å²) in [4.78, 5) is 19.0. The molecule has 0 atom stereocenters. The van der Waals surface area contributed by atoms with E-state index in [4.69, 9.17) is 9.47 Å². The number of benzene rings is 2. The fourth-order valence-corrected chi connectivity index (χ4v) is 3.23. The molecule has 0 saturated heterocycles. The molecule has 2 heterocycles. The van der Waals surface area contributed by atoms with E-state index in [9.17, 15) is 4.79 Å². The summed E-state index contributed by atoms with van der Waals surface area (Å²) in [5, 5.41) is 0. The fourth-order valence-electron chi connectivity index (χ4n) is 3.23. The number of methoxy groups -OCH3 is 1. The lowest BCUT2D eigenvalue weighted by Crippen LogP contribution is -2.31. The number of carbonyl (C=O) groups is 1. The van der Waals surface area contributed by atoms with Crippen molar-refractivity contribution in [2.75, 3.05) is 20.3 Å². The smallest absolute Gasteiger partial charge is 0.258 e. The fraction of sp³-hybridized carbons (Fsp3) is 0.182. The van der Waals surface area contributed by atoms with Crippen LogP contribution in [0.15, 0.2) is 67.0 Å². The summed E-state index contributed by atoms with van der Waals surface area (Å²) in [6.45, 7) is 1.52. The van der Waals surface area contributed by atoms with Crippen LogP contribution in [0, 0.1) is 0 Å². The van der Waals surface area contributed by atoms with Gasteiger partial charge in [0.2, 0.25) is 0 Å². The van der Waals surface area contributed by atoms with Crippen LogP contribution < -0.4 is 9.47 Å². The zero-order valence-electron chi connectivity index (χ0n) is 15.1. The maximum absolute atomic E-state index is 13.2. The summed E-state index contributed by atoms with van der Waals surface area (Å²) >= 11 is 0. The van der Waals surface area contributed by atoms with Gasteiger partial charge in [-0.1, -0.05) is 18.2 Å². The van der Waals surface area contributed by atoms with Crippen molar-refractivity contribution in [3.05, 3.63) is 78.1 Å². The standard InChI is InChI=1S/C22H20N2O3/c1-26-19-4-2-3-16(13-19)15-24-11-12-27-21-6-5-18(14-20(21)22(24)25)17-7-9-23-10-8-17/h2-10,13-14H,11-12,15H2,1H3. The highest BCUT2D eigenvalue weighted by Crippen LogP contribution is 2.29. The van der Waals surface area contributed by atoms with Gasteiger partial charge in [0, 0.05) is 18.9 Å². The first-order chi connectivity index (χ1) is 13.2. The number of carbonyl (C=O) groups excluding carboxylic acids is 1. The van der Waals surface area contributed by atoms with Crippen molar-refractivity contribution < 1.29 is 14.3 Å². The van der Waals surface area contributed by atoms with Gasteiger partial charge < -0.3 is 14.4 Å². The molecule has 0 spiro atoms. The zero-order valence-corrected chi connectivity index (χ0v) is 15.1. The van der Waals surface area contributed by atoms with Crippen LogP contribution in [0.25, 0.3) is 11.1 Å². The molecule has 1 aliphatic heterocycles. The van der Waals surface area contributed by atoms with E-state index in [-0.39, 0.29) is 5.91 Å². The first-order valence-electron chi connectivity index (χ1n) is 8.84. The average Bonchev–Trinajstić information content (AvgIpc) is 2.88. The number of nitrogens with zero attached hydrogens (tertiary/aromatic N) is 2. The van der Waals surface area contributed by atoms with Crippen LogP contribution in [-0.2, 0) is 6.54 Å². The van der Waals surface area contributed by atoms with E-state index in [1.165, 1.54) is 0 Å². The largest absolute Gasteiger partial charge is 0.497 e. The van der Waals surface area contributed by atoms with Crippen molar-refractivity contribution in [1.29, 1.82) is 0 Å². The summed E-state index contributed by atoms with van der Waals surface area (Å²) in [5.41, 5.74) is 3.60. The van der Waals surface area contributed by atoms with E-state index in [1.807, 2.05) is 59.5 Å². The molecule has 0 radical (unpaired) electrons. The van der Waals surface area contributed by atoms with Gasteiger partial charge in [-0.15, -0.1) is 0 Å². The first-order valence-corrected chi connectivity index (χ1v) is 8.84. The lowest BCUT2D eigenvalue weighted by atomic mass is 10.0. The Balaban J connectivity index is 1.64. The minimum Gasteiger partial charge on any atom is -0.497 e. The molecule has 0 saturated carbocycles. The zero-order chi connectivity index (χ0) is 18.6. The minimum atomic E-state index is -0.0266. The van der Waals surface area contributed by atoms with Gasteiger partial charge >= 0.3 is 0 Å². The molecule has 0 bridgehead atoms. The molecule has 27 heavy (non-hydrogen) atoms. The van der Waals surface area contributed by atoms with Gasteiger partial charge in [-0.3, -0.25) is 9.78 Å². The third-order valence-electron chi connectivity index (χ3n) is 4.64. The predicted octanol–water partition coefficient (Wildman–Crippen LogP) is 3.79. The summed E-state index contributed by atoms with van der Waals surface area (Å²) in [6, 6.07) is 17.4. The van der Waals surface area contributed by atoms with Crippen molar-refractivity contribution in [2.45, 2.75) is 6.54 Å². The second kappa shape index (κ2) is 7.50. The summed E-state index contributed by atoms with van der Waals surface area (Å²) < 4.78 is 11.1. The molecule has 5 nitrogen and oxygen atoms in total. The van der Waals surface area contributed by atoms with Crippen LogP contribution in [0.4, 0.5) is 0 Å². The molecule has 0 aliphatic carbocycles. The van der Waals surface area contributed by atoms with E-state index in [2.05, 4.69) is 4.98 Å². The second-order valence-corrected chi connectivity index (χ2v) is 6.37. The van der Waals surface area contributed by atoms with Crippen LogP contribution in [0.3, 0.4) is 0 Å². The number of fused-ring (bicyclic) bond motifs is 1. The Hall–Kier alpha value is -3.34. The third kappa shape index (κ3) is 3.62. The van der Waals surface area contributed by atoms with Crippen LogP contribution in [0.1, 0.15) is 15.9 Å². The topological polar surface area (TPSA) is 51.7 Å². The van der Waals surface area contributed by atoms with Crippen molar-refractivity contribution in [2.24, 2.45) is 0 Å². The molecule has 0 N–H and O–H groups in total. The normalized spacial score (nSPS) is 13.5. The van der Waals surface area contributed by atoms with Gasteiger partial charge in [-0.05, 0) is 53.1 Å². The van der Waals surface area contributed by atoms with Crippen molar-refractivity contribution >= 4 is 5.91 Å². The Morgan fingerprint density at radius 1 is 1.07 bits per heavy atom. The van der Waals surface area contributed by atoms with Crippen molar-refractivity contribution in [3.8, 4) is 22.6 Å². The maximum Gasteiger partial charge on any atom is 0.258 e. The highest BCUT2D eigenvalue weighted by Gasteiger charge is 2.24. The first kappa shape index (κ1) is 17.1. The van der Waals surface area contributed by atoms with E-state index >= 15 is 0 Å². The Bertz CT molecular complexity index is 957. The number of rotatable bonds is 4. The average molecular weight is 360 g/mol. The van der Waals surface area contributed by atoms with Gasteiger partial charge in [-0.2, -0.15) is 0 Å². The number of hydrogen-bond donors (Lipinski definition) is 0. The molecule has 136 valence electrons. The lowest BCUT2D eigenvalue weighted by Gasteiger charge is -2.20. The Kier molecular flexibility index (Phi) is 4.75. The SMILES string of the molecule is COc1cccc(CN2CCOc3ccc(-c4ccncc4)cc3C2=O)c1. The van der Waals surface area contributed by atoms with Gasteiger partial charge in [0.05, 0.1) is 19.2 Å². The lowest BCUT2D eigenvalue weighted by molar-refractivity contribution is 0.0743. The monoisotopic (exact) mass is 360 g/mol. The Morgan fingerprint density at radius 3 is 2.74 bits per heavy atom. The van der Waals surface area contributed by atoms with E-state index in [0.29, 0.717) is 31.0 Å². The molecule has 3 aromatic rings. The highest BCUT2D eigenvalue weighted by molar-refractivity contribution is 5.98. The quantitative estimate of drug-likeness (QED) is 0.710. The number of ether oxygens (including phenoxy) is 2. The second-order valence-electron chi connectivity index (χ2n) is 6.37. The van der Waals surface area contributed by atoms with E-state index < -0.39 is 0 Å². The number of amides is 1. The molecule has 5 heteroatoms. The van der Waals surface area contributed by atoms with Gasteiger partial charge in [-0.25, -0.2) is 0 Å². The molecule has 1 amide bonds. The van der Waals surface area contributed by atoms with E-state index in [0.717, 1.165) is 22.4 Å². The summed E-state index contributed by atoms with van der Waals surface area (Å²) in [7, 11) is 1.64. The predicted molar refractivity (Wildman–Crippen MR) is 103 cm³/mol. The van der Waals surface area contributed by atoms with Gasteiger partial charge in [0.1, 0.15) is 18.1 Å². The molecular formula is C22H20N2O3. The van der Waals surface area contributed by atoms with Crippen molar-refractivity contribution in [3.63, 3.8) is 0 Å². The summed E-state index contributed by atoms with van der Waals surface area (Å²) in [5.74, 6) is 1.39. The minimum absolute atomic E-state index is 0.0266. The van der Waals surface area contributed by atoms with E-state index in [1.54, 1.807) is 19.5 Å². The maximum atomic E-state index is 13.2. The molecule has 2 aromatic carbocycles. The molecule has 1 aromatic heterocycles. The highest BCUT2D eigenvalue weighted by atomic mass is 16.5. The summed E-state index contributed by atoms with van der Waals surface area (Å²) in [6.07, 6.45) is 3.49. The molecule has 0 fully saturated rings. The van der Waals surface area contributed by atoms with Crippen LogP contribution in [0.5, 0.6) is 11.5 Å². The third-order valence-corrected chi connectivity index (χ3v) is 4.64. The van der Waals surface area contributed by atoms with Crippen LogP contribution in [0.2, 0.25) is 0 Å². The Labute approximate surface area is 158 Å². The van der Waals surface area contributed by atoms with Crippen LogP contribution >= 0.6 is 0 Å². The van der Waals surface area contributed by atoms with Crippen molar-refractivity contribution in [1.82, 2.24) is 9.88 Å². The van der Waals surface area contributed by atoms with Crippen LogP contribution in [-0.4, -0.2) is 36.1 Å². The molecule has 1 aliphatic rings. The number of pyridine rings is 1. The number of hydrogen-bond acceptors (Lipinski definition) is 4. The molecular weight excluding hydrogens is 340 g/mol. The molecule has 4 rings (SSSR count). The Morgan fingerprint density at radius 2 is 1.93 bits per heavy atom. The molecule has 0 unspecified atom stereocenters. The van der Waals surface area contributed by atoms with Gasteiger partial charge in [0.15, 0.2) is 0 Å².